The molecule has 2 amide bonds. The summed E-state index contributed by atoms with van der Waals surface area (Å²) >= 11 is 6.54. The van der Waals surface area contributed by atoms with Gasteiger partial charge >= 0.3 is 12.2 Å². The van der Waals surface area contributed by atoms with Gasteiger partial charge in [0.15, 0.2) is 0 Å². The van der Waals surface area contributed by atoms with E-state index in [0.29, 0.717) is 59.8 Å². The lowest BCUT2D eigenvalue weighted by atomic mass is 9.98. The number of amides is 2. The highest BCUT2D eigenvalue weighted by molar-refractivity contribution is 6.35. The Morgan fingerprint density at radius 2 is 1.73 bits per heavy atom. The summed E-state index contributed by atoms with van der Waals surface area (Å²) in [6.45, 7) is 8.04. The van der Waals surface area contributed by atoms with E-state index >= 15 is 0 Å². The molecule has 15 heteroatoms. The fourth-order valence-electron chi connectivity index (χ4n) is 7.17. The molecule has 14 nitrogen and oxygen atoms in total. The van der Waals surface area contributed by atoms with E-state index in [-0.39, 0.29) is 37.2 Å². The number of carbonyl (C=O) groups excluding carboxylic acids is 2. The standard InChI is InChI=1S/C40H47ClN8O6/c1-40(2,3)55-38(50)42-16-10-5-11-17-49-21-26(18-44-49)45-37-46-35-34(32(41)19-43-35)36(47-37)53-23-25-20-48(22-33(25)52-4)39(51)54-24-31-29-14-8-6-12-27(29)28-13-7-9-15-30(28)31/h6-9,12-15,18-19,21,25,31,33H,5,10-11,16-17,20,22-24H2,1-4H3,(H,42,50)(H2,43,45,46,47)/t25-,33+/m1/s1. The molecule has 1 saturated heterocycles. The third kappa shape index (κ3) is 8.97. The SMILES string of the molecule is CO[C@H]1CN(C(=O)OCC2c3ccccc3-c3ccccc32)C[C@@H]1COc1nc(Nc2cnn(CCCCCNC(=O)OC(C)(C)C)c2)nc2[nH]cc(Cl)c12. The monoisotopic (exact) mass is 770 g/mol. The number of halogens is 1. The maximum Gasteiger partial charge on any atom is 0.409 e. The van der Waals surface area contributed by atoms with Gasteiger partial charge in [-0.05, 0) is 62.3 Å². The summed E-state index contributed by atoms with van der Waals surface area (Å²) in [5, 5.41) is 11.5. The number of nitrogens with zero attached hydrogens (tertiary/aromatic N) is 5. The molecule has 55 heavy (non-hydrogen) atoms. The van der Waals surface area contributed by atoms with Gasteiger partial charge in [-0.2, -0.15) is 15.1 Å². The van der Waals surface area contributed by atoms with Gasteiger partial charge < -0.3 is 39.5 Å². The Balaban J connectivity index is 0.923. The summed E-state index contributed by atoms with van der Waals surface area (Å²) < 4.78 is 25.2. The predicted molar refractivity (Wildman–Crippen MR) is 209 cm³/mol. The predicted octanol–water partition coefficient (Wildman–Crippen LogP) is 7.52. The van der Waals surface area contributed by atoms with Crippen molar-refractivity contribution in [1.29, 1.82) is 0 Å². The fourth-order valence-corrected chi connectivity index (χ4v) is 7.40. The van der Waals surface area contributed by atoms with Gasteiger partial charge in [0.1, 0.15) is 17.9 Å². The third-order valence-electron chi connectivity index (χ3n) is 9.78. The number of nitrogens with one attached hydrogen (secondary N) is 3. The van der Waals surface area contributed by atoms with Gasteiger partial charge in [-0.15, -0.1) is 0 Å². The van der Waals surface area contributed by atoms with Crippen LogP contribution in [0.3, 0.4) is 0 Å². The Morgan fingerprint density at radius 1 is 0.982 bits per heavy atom. The summed E-state index contributed by atoms with van der Waals surface area (Å²) in [6.07, 6.45) is 6.83. The van der Waals surface area contributed by atoms with E-state index in [1.807, 2.05) is 55.9 Å². The number of methoxy groups -OCH3 is 1. The Labute approximate surface area is 324 Å². The molecule has 2 aromatic carbocycles. The number of ether oxygens (including phenoxy) is 4. The number of fused-ring (bicyclic) bond motifs is 4. The summed E-state index contributed by atoms with van der Waals surface area (Å²) in [4.78, 5) is 39.3. The van der Waals surface area contributed by atoms with E-state index in [9.17, 15) is 9.59 Å². The highest BCUT2D eigenvalue weighted by Crippen LogP contribution is 2.44. The number of benzene rings is 2. The molecule has 1 fully saturated rings. The first-order chi connectivity index (χ1) is 26.6. The largest absolute Gasteiger partial charge is 0.477 e. The third-order valence-corrected chi connectivity index (χ3v) is 10.1. The summed E-state index contributed by atoms with van der Waals surface area (Å²) in [5.41, 5.74) is 5.41. The van der Waals surface area contributed by atoms with Gasteiger partial charge in [0.2, 0.25) is 11.8 Å². The molecule has 0 unspecified atom stereocenters. The number of aromatic amines is 1. The number of rotatable bonds is 14. The summed E-state index contributed by atoms with van der Waals surface area (Å²) in [5.74, 6) is 0.450. The van der Waals surface area contributed by atoms with Crippen LogP contribution in [0.1, 0.15) is 57.1 Å². The Bertz CT molecular complexity index is 2080. The van der Waals surface area contributed by atoms with E-state index in [1.165, 1.54) is 22.3 Å². The van der Waals surface area contributed by atoms with Crippen molar-refractivity contribution in [2.45, 2.75) is 64.2 Å². The minimum absolute atomic E-state index is 0.0222. The lowest BCUT2D eigenvalue weighted by molar-refractivity contribution is 0.0526. The summed E-state index contributed by atoms with van der Waals surface area (Å²) in [6, 6.07) is 16.6. The van der Waals surface area contributed by atoms with Crippen LogP contribution < -0.4 is 15.4 Å². The Hall–Kier alpha value is -5.34. The van der Waals surface area contributed by atoms with Gasteiger partial charge in [0, 0.05) is 51.0 Å². The molecule has 3 N–H and O–H groups in total. The number of likely N-dealkylation sites (tertiary alicyclic amines) is 1. The average Bonchev–Trinajstić information content (AvgIpc) is 3.95. The van der Waals surface area contributed by atoms with Crippen molar-refractivity contribution >= 4 is 46.5 Å². The van der Waals surface area contributed by atoms with E-state index in [0.717, 1.165) is 19.3 Å². The van der Waals surface area contributed by atoms with Crippen molar-refractivity contribution in [3.8, 4) is 17.0 Å². The zero-order chi connectivity index (χ0) is 38.5. The number of alkyl carbamates (subject to hydrolysis) is 1. The second-order valence-electron chi connectivity index (χ2n) is 14.9. The average molecular weight is 771 g/mol. The first-order valence-electron chi connectivity index (χ1n) is 18.6. The first kappa shape index (κ1) is 38.0. The van der Waals surface area contributed by atoms with Crippen LogP contribution in [-0.2, 0) is 20.8 Å². The molecule has 1 aliphatic carbocycles. The van der Waals surface area contributed by atoms with Crippen LogP contribution in [-0.4, -0.2) is 93.5 Å². The number of unbranched alkanes of at least 4 members (excludes halogenated alkanes) is 2. The molecule has 0 spiro atoms. The molecule has 0 radical (unpaired) electrons. The number of aryl methyl sites for hydroxylation is 1. The Kier molecular flexibility index (Phi) is 11.4. The lowest BCUT2D eigenvalue weighted by Gasteiger charge is -2.19. The van der Waals surface area contributed by atoms with E-state index in [2.05, 4.69) is 54.9 Å². The Morgan fingerprint density at radius 3 is 2.45 bits per heavy atom. The van der Waals surface area contributed by atoms with E-state index in [4.69, 9.17) is 30.5 Å². The van der Waals surface area contributed by atoms with Crippen LogP contribution in [0.15, 0.2) is 67.1 Å². The zero-order valence-electron chi connectivity index (χ0n) is 31.5. The van der Waals surface area contributed by atoms with E-state index < -0.39 is 11.7 Å². The minimum Gasteiger partial charge on any atom is -0.477 e. The smallest absolute Gasteiger partial charge is 0.409 e. The van der Waals surface area contributed by atoms with Crippen molar-refractivity contribution in [3.05, 3.63) is 83.3 Å². The van der Waals surface area contributed by atoms with Crippen LogP contribution in [0.4, 0.5) is 21.2 Å². The first-order valence-corrected chi connectivity index (χ1v) is 19.0. The molecule has 0 bridgehead atoms. The molecule has 4 heterocycles. The van der Waals surface area contributed by atoms with Crippen LogP contribution in [0.25, 0.3) is 22.2 Å². The van der Waals surface area contributed by atoms with Crippen molar-refractivity contribution in [2.24, 2.45) is 5.92 Å². The molecule has 290 valence electrons. The van der Waals surface area contributed by atoms with Crippen molar-refractivity contribution in [2.75, 3.05) is 45.3 Å². The number of anilines is 2. The number of carbonyl (C=O) groups is 2. The number of aromatic nitrogens is 5. The maximum absolute atomic E-state index is 13.4. The second kappa shape index (κ2) is 16.6. The maximum atomic E-state index is 13.4. The van der Waals surface area contributed by atoms with Crippen LogP contribution in [0, 0.1) is 5.92 Å². The quantitative estimate of drug-likeness (QED) is 0.0965. The number of hydrogen-bond acceptors (Lipinski definition) is 10. The molecule has 3 aromatic heterocycles. The van der Waals surface area contributed by atoms with Gasteiger partial charge in [-0.25, -0.2) is 9.59 Å². The highest BCUT2D eigenvalue weighted by atomic mass is 35.5. The zero-order valence-corrected chi connectivity index (χ0v) is 32.3. The van der Waals surface area contributed by atoms with Crippen LogP contribution in [0.2, 0.25) is 5.02 Å². The van der Waals surface area contributed by atoms with Gasteiger partial charge in [0.05, 0.1) is 41.5 Å². The van der Waals surface area contributed by atoms with Gasteiger partial charge in [-0.1, -0.05) is 60.1 Å². The second-order valence-corrected chi connectivity index (χ2v) is 15.3. The fraction of sp³-hybridized carbons (Fsp3) is 0.425. The summed E-state index contributed by atoms with van der Waals surface area (Å²) in [7, 11) is 1.64. The number of H-pyrrole nitrogens is 1. The van der Waals surface area contributed by atoms with Crippen LogP contribution >= 0.6 is 11.6 Å². The molecule has 2 atom stereocenters. The molecular formula is C40H47ClN8O6. The number of hydrogen-bond donors (Lipinski definition) is 3. The van der Waals surface area contributed by atoms with Crippen molar-refractivity contribution in [1.82, 2.24) is 34.9 Å². The topological polar surface area (TPSA) is 158 Å². The molecule has 5 aromatic rings. The van der Waals surface area contributed by atoms with Crippen molar-refractivity contribution in [3.63, 3.8) is 0 Å². The minimum atomic E-state index is -0.515. The van der Waals surface area contributed by atoms with Gasteiger partial charge in [0.25, 0.3) is 0 Å². The lowest BCUT2D eigenvalue weighted by Crippen LogP contribution is -2.33. The van der Waals surface area contributed by atoms with Gasteiger partial charge in [-0.3, -0.25) is 4.68 Å². The molecular weight excluding hydrogens is 724 g/mol. The highest BCUT2D eigenvalue weighted by Gasteiger charge is 2.38. The van der Waals surface area contributed by atoms with Crippen molar-refractivity contribution < 1.29 is 28.5 Å². The van der Waals surface area contributed by atoms with Crippen LogP contribution in [0.5, 0.6) is 5.88 Å². The molecule has 0 saturated carbocycles. The molecule has 1 aliphatic heterocycles. The van der Waals surface area contributed by atoms with E-state index in [1.54, 1.807) is 24.4 Å². The molecule has 7 rings (SSSR count). The normalized spacial score (nSPS) is 16.6. The molecule has 2 aliphatic rings.